The maximum absolute atomic E-state index is 11.9. The minimum Gasteiger partial charge on any atom is -0.352 e. The van der Waals surface area contributed by atoms with Gasteiger partial charge in [-0.1, -0.05) is 26.7 Å². The van der Waals surface area contributed by atoms with Crippen LogP contribution in [0.5, 0.6) is 0 Å². The van der Waals surface area contributed by atoms with Crippen LogP contribution in [-0.2, 0) is 11.3 Å². The first-order valence-electron chi connectivity index (χ1n) is 7.44. The largest absolute Gasteiger partial charge is 0.352 e. The van der Waals surface area contributed by atoms with Crippen molar-refractivity contribution in [1.82, 2.24) is 9.88 Å². The zero-order valence-corrected chi connectivity index (χ0v) is 13.2. The van der Waals surface area contributed by atoms with E-state index in [1.54, 1.807) is 0 Å². The van der Waals surface area contributed by atoms with Gasteiger partial charge >= 0.3 is 0 Å². The Bertz CT molecular complexity index is 580. The van der Waals surface area contributed by atoms with Crippen LogP contribution in [0.15, 0.2) is 23.1 Å². The molecule has 0 radical (unpaired) electrons. The summed E-state index contributed by atoms with van der Waals surface area (Å²) in [5.74, 6) is 0.311. The van der Waals surface area contributed by atoms with E-state index in [2.05, 4.69) is 19.2 Å². The van der Waals surface area contributed by atoms with Crippen molar-refractivity contribution in [3.05, 3.63) is 38.8 Å². The lowest BCUT2D eigenvalue weighted by molar-refractivity contribution is -0.385. The van der Waals surface area contributed by atoms with Crippen LogP contribution >= 0.6 is 0 Å². The molecule has 0 aromatic carbocycles. The Morgan fingerprint density at radius 3 is 2.59 bits per heavy atom. The molecule has 7 heteroatoms. The Morgan fingerprint density at radius 1 is 1.32 bits per heavy atom. The molecule has 1 N–H and O–H groups in total. The van der Waals surface area contributed by atoms with Gasteiger partial charge in [-0.3, -0.25) is 24.3 Å². The van der Waals surface area contributed by atoms with Gasteiger partial charge in [-0.2, -0.15) is 0 Å². The van der Waals surface area contributed by atoms with Crippen molar-refractivity contribution in [1.29, 1.82) is 0 Å². The number of hydrogen-bond donors (Lipinski definition) is 1. The van der Waals surface area contributed by atoms with Gasteiger partial charge in [0.1, 0.15) is 6.54 Å². The van der Waals surface area contributed by atoms with Crippen LogP contribution in [0.3, 0.4) is 0 Å². The van der Waals surface area contributed by atoms with Crippen LogP contribution in [0.25, 0.3) is 0 Å². The summed E-state index contributed by atoms with van der Waals surface area (Å²) in [6, 6.07) is 2.24. The molecule has 0 saturated heterocycles. The lowest BCUT2D eigenvalue weighted by Crippen LogP contribution is -2.37. The summed E-state index contributed by atoms with van der Waals surface area (Å²) < 4.78 is 1.05. The molecule has 1 atom stereocenters. The van der Waals surface area contributed by atoms with E-state index in [0.29, 0.717) is 5.92 Å². The van der Waals surface area contributed by atoms with Crippen molar-refractivity contribution < 1.29 is 9.72 Å². The summed E-state index contributed by atoms with van der Waals surface area (Å²) >= 11 is 0. The maximum atomic E-state index is 11.9. The van der Waals surface area contributed by atoms with Crippen LogP contribution in [0.1, 0.15) is 40.0 Å². The van der Waals surface area contributed by atoms with E-state index < -0.39 is 10.5 Å². The first-order chi connectivity index (χ1) is 10.3. The van der Waals surface area contributed by atoms with E-state index in [9.17, 15) is 19.7 Å². The second-order valence-corrected chi connectivity index (χ2v) is 5.90. The number of hydrogen-bond acceptors (Lipinski definition) is 4. The van der Waals surface area contributed by atoms with Gasteiger partial charge in [0.15, 0.2) is 0 Å². The van der Waals surface area contributed by atoms with E-state index in [0.717, 1.165) is 42.2 Å². The molecule has 0 aliphatic rings. The molecule has 0 spiro atoms. The minimum absolute atomic E-state index is 0.0145. The van der Waals surface area contributed by atoms with Crippen molar-refractivity contribution >= 4 is 11.6 Å². The van der Waals surface area contributed by atoms with Crippen molar-refractivity contribution in [2.75, 3.05) is 0 Å². The molecule has 0 aliphatic carbocycles. The Kier molecular flexibility index (Phi) is 6.75. The van der Waals surface area contributed by atoms with E-state index in [4.69, 9.17) is 0 Å². The molecule has 1 rings (SSSR count). The van der Waals surface area contributed by atoms with Crippen molar-refractivity contribution in [3.8, 4) is 0 Å². The minimum atomic E-state index is -0.595. The lowest BCUT2D eigenvalue weighted by Gasteiger charge is -2.15. The first kappa shape index (κ1) is 17.9. The second-order valence-electron chi connectivity index (χ2n) is 5.90. The third kappa shape index (κ3) is 6.07. The van der Waals surface area contributed by atoms with Gasteiger partial charge in [0.05, 0.1) is 11.1 Å². The zero-order valence-electron chi connectivity index (χ0n) is 13.2. The quantitative estimate of drug-likeness (QED) is 0.587. The molecule has 0 bridgehead atoms. The highest BCUT2D eigenvalue weighted by molar-refractivity contribution is 5.76. The number of aromatic nitrogens is 1. The van der Waals surface area contributed by atoms with Gasteiger partial charge in [-0.25, -0.2) is 0 Å². The van der Waals surface area contributed by atoms with Crippen LogP contribution < -0.4 is 10.9 Å². The molecular formula is C15H23N3O4. The fraction of sp³-hybridized carbons (Fsp3) is 0.600. The summed E-state index contributed by atoms with van der Waals surface area (Å²) in [4.78, 5) is 33.6. The summed E-state index contributed by atoms with van der Waals surface area (Å²) in [6.07, 6.45) is 4.08. The van der Waals surface area contributed by atoms with Crippen molar-refractivity contribution in [2.45, 2.75) is 52.6 Å². The number of nitro groups is 1. The number of pyridine rings is 1. The van der Waals surface area contributed by atoms with Gasteiger partial charge in [0, 0.05) is 18.2 Å². The van der Waals surface area contributed by atoms with E-state index >= 15 is 0 Å². The number of amides is 1. The topological polar surface area (TPSA) is 94.2 Å². The van der Waals surface area contributed by atoms with Crippen molar-refractivity contribution in [3.63, 3.8) is 0 Å². The number of nitrogens with one attached hydrogen (secondary N) is 1. The standard InChI is InChI=1S/C15H23N3O4/c1-11(2)5-4-6-12(3)16-14(19)10-17-9-13(18(21)22)7-8-15(17)20/h7-9,11-12H,4-6,10H2,1-3H3,(H,16,19)/t12-/m1/s1. The van der Waals surface area contributed by atoms with Crippen LogP contribution in [0.2, 0.25) is 0 Å². The first-order valence-corrected chi connectivity index (χ1v) is 7.44. The number of carbonyl (C=O) groups is 1. The molecule has 0 aliphatic heterocycles. The van der Waals surface area contributed by atoms with E-state index in [1.165, 1.54) is 0 Å². The molecule has 1 aromatic heterocycles. The third-order valence-electron chi connectivity index (χ3n) is 3.32. The molecule has 7 nitrogen and oxygen atoms in total. The molecule has 122 valence electrons. The molecular weight excluding hydrogens is 286 g/mol. The fourth-order valence-electron chi connectivity index (χ4n) is 2.13. The van der Waals surface area contributed by atoms with Crippen LogP contribution in [0.4, 0.5) is 5.69 Å². The van der Waals surface area contributed by atoms with Gasteiger partial charge < -0.3 is 5.32 Å². The number of nitrogens with zero attached hydrogens (tertiary/aromatic N) is 2. The molecule has 0 unspecified atom stereocenters. The Hall–Kier alpha value is -2.18. The molecule has 22 heavy (non-hydrogen) atoms. The molecule has 1 heterocycles. The maximum Gasteiger partial charge on any atom is 0.285 e. The van der Waals surface area contributed by atoms with E-state index in [-0.39, 0.29) is 24.2 Å². The Balaban J connectivity index is 2.56. The number of carbonyl (C=O) groups excluding carboxylic acids is 1. The summed E-state index contributed by atoms with van der Waals surface area (Å²) in [7, 11) is 0. The smallest absolute Gasteiger partial charge is 0.285 e. The lowest BCUT2D eigenvalue weighted by atomic mass is 10.0. The number of rotatable bonds is 8. The predicted molar refractivity (Wildman–Crippen MR) is 83.7 cm³/mol. The average Bonchev–Trinajstić information content (AvgIpc) is 2.40. The van der Waals surface area contributed by atoms with Crippen LogP contribution in [-0.4, -0.2) is 21.4 Å². The van der Waals surface area contributed by atoms with Gasteiger partial charge in [0.2, 0.25) is 5.91 Å². The highest BCUT2D eigenvalue weighted by atomic mass is 16.6. The molecule has 1 amide bonds. The SMILES string of the molecule is CC(C)CCC[C@@H](C)NC(=O)Cn1cc([N+](=O)[O-])ccc1=O. The average molecular weight is 309 g/mol. The van der Waals surface area contributed by atoms with Gasteiger partial charge in [0.25, 0.3) is 11.2 Å². The Labute approximate surface area is 129 Å². The van der Waals surface area contributed by atoms with Crippen LogP contribution in [0, 0.1) is 16.0 Å². The highest BCUT2D eigenvalue weighted by Gasteiger charge is 2.12. The van der Waals surface area contributed by atoms with Gasteiger partial charge in [-0.15, -0.1) is 0 Å². The summed E-state index contributed by atoms with van der Waals surface area (Å²) in [5.41, 5.74) is -0.648. The zero-order chi connectivity index (χ0) is 16.7. The summed E-state index contributed by atoms with van der Waals surface area (Å²) in [5, 5.41) is 13.5. The fourth-order valence-corrected chi connectivity index (χ4v) is 2.13. The normalized spacial score (nSPS) is 12.2. The second kappa shape index (κ2) is 8.31. The molecule has 0 saturated carbocycles. The molecule has 0 fully saturated rings. The Morgan fingerprint density at radius 2 is 2.00 bits per heavy atom. The summed E-state index contributed by atoms with van der Waals surface area (Å²) in [6.45, 7) is 6.00. The monoisotopic (exact) mass is 309 g/mol. The van der Waals surface area contributed by atoms with E-state index in [1.807, 2.05) is 6.92 Å². The highest BCUT2D eigenvalue weighted by Crippen LogP contribution is 2.08. The third-order valence-corrected chi connectivity index (χ3v) is 3.32. The predicted octanol–water partition coefficient (Wildman–Crippen LogP) is 2.09. The van der Waals surface area contributed by atoms with Gasteiger partial charge in [-0.05, 0) is 19.3 Å². The molecule has 1 aromatic rings. The van der Waals surface area contributed by atoms with Crippen molar-refractivity contribution in [2.24, 2.45) is 5.92 Å².